The van der Waals surface area contributed by atoms with Crippen LogP contribution in [0.4, 0.5) is 11.4 Å². The second kappa shape index (κ2) is 13.7. The summed E-state index contributed by atoms with van der Waals surface area (Å²) in [5, 5.41) is 22.9. The molecule has 0 bridgehead atoms. The number of aliphatic imine (C=N–C) groups is 1. The highest BCUT2D eigenvalue weighted by molar-refractivity contribution is 7.81. The van der Waals surface area contributed by atoms with E-state index >= 15 is 0 Å². The number of rotatable bonds is 7. The number of aryl methyl sites for hydroxylation is 2. The average molecular weight is 625 g/mol. The van der Waals surface area contributed by atoms with E-state index in [-0.39, 0.29) is 33.9 Å². The van der Waals surface area contributed by atoms with E-state index in [1.165, 1.54) is 17.4 Å². The van der Waals surface area contributed by atoms with Crippen molar-refractivity contribution in [2.75, 3.05) is 30.4 Å². The van der Waals surface area contributed by atoms with E-state index in [4.69, 9.17) is 16.6 Å². The average Bonchev–Trinajstić information content (AvgIpc) is 3.67. The zero-order valence-corrected chi connectivity index (χ0v) is 25.6. The third-order valence-corrected chi connectivity index (χ3v) is 8.12. The van der Waals surface area contributed by atoms with Crippen LogP contribution in [0.3, 0.4) is 0 Å². The molecule has 1 fully saturated rings. The highest BCUT2D eigenvalue weighted by Crippen LogP contribution is 2.23. The van der Waals surface area contributed by atoms with E-state index in [1.54, 1.807) is 61.3 Å². The van der Waals surface area contributed by atoms with Crippen LogP contribution in [0.5, 0.6) is 0 Å². The van der Waals surface area contributed by atoms with Gasteiger partial charge in [0.25, 0.3) is 11.8 Å². The zero-order valence-electron chi connectivity index (χ0n) is 24.8. The van der Waals surface area contributed by atoms with Gasteiger partial charge in [-0.05, 0) is 61.7 Å². The Morgan fingerprint density at radius 1 is 1.18 bits per heavy atom. The monoisotopic (exact) mass is 624 g/mol. The van der Waals surface area contributed by atoms with Gasteiger partial charge >= 0.3 is 0 Å². The van der Waals surface area contributed by atoms with Crippen molar-refractivity contribution in [1.29, 1.82) is 0 Å². The quantitative estimate of drug-likeness (QED) is 0.265. The first kappa shape index (κ1) is 31.4. The Balaban J connectivity index is 1.21. The molecule has 1 aromatic heterocycles. The van der Waals surface area contributed by atoms with Crippen molar-refractivity contribution in [2.45, 2.75) is 32.3 Å². The number of aliphatic hydroxyl groups is 2. The van der Waals surface area contributed by atoms with Crippen molar-refractivity contribution >= 4 is 52.1 Å². The molecule has 1 saturated heterocycles. The van der Waals surface area contributed by atoms with Crippen LogP contribution >= 0.6 is 12.2 Å². The molecule has 2 aromatic carbocycles. The number of thiocarbonyl (C=S) groups is 1. The van der Waals surface area contributed by atoms with Crippen molar-refractivity contribution in [2.24, 2.45) is 10.9 Å². The van der Waals surface area contributed by atoms with Gasteiger partial charge in [-0.1, -0.05) is 42.3 Å². The molecule has 0 aliphatic carbocycles. The highest BCUT2D eigenvalue weighted by atomic mass is 32.1. The molecule has 0 radical (unpaired) electrons. The maximum Gasteiger partial charge on any atom is 0.291 e. The van der Waals surface area contributed by atoms with Crippen LogP contribution in [-0.2, 0) is 16.0 Å². The second-order valence-electron chi connectivity index (χ2n) is 10.9. The number of hydrogen-bond acceptors (Lipinski definition) is 7. The van der Waals surface area contributed by atoms with Crippen molar-refractivity contribution in [3.05, 3.63) is 95.1 Å². The first-order valence-electron chi connectivity index (χ1n) is 14.4. The summed E-state index contributed by atoms with van der Waals surface area (Å²) in [4.78, 5) is 45.6. The molecule has 2 aliphatic heterocycles. The summed E-state index contributed by atoms with van der Waals surface area (Å²) in [6.45, 7) is 2.74. The Morgan fingerprint density at radius 3 is 2.64 bits per heavy atom. The maximum atomic E-state index is 13.4. The largest absolute Gasteiger partial charge is 0.495 e. The molecule has 3 amide bonds. The predicted molar refractivity (Wildman–Crippen MR) is 174 cm³/mol. The number of carbonyl (C=O) groups excluding carboxylic acids is 3. The van der Waals surface area contributed by atoms with E-state index in [1.807, 2.05) is 12.1 Å². The van der Waals surface area contributed by atoms with E-state index in [9.17, 15) is 24.6 Å². The normalized spacial score (nSPS) is 17.6. The first-order valence-corrected chi connectivity index (χ1v) is 14.8. The molecule has 2 unspecified atom stereocenters. The summed E-state index contributed by atoms with van der Waals surface area (Å²) in [6.07, 6.45) is 3.75. The summed E-state index contributed by atoms with van der Waals surface area (Å²) in [6, 6.07) is 15.9. The third kappa shape index (κ3) is 7.37. The molecule has 230 valence electrons. The topological polar surface area (TPSA) is 136 Å². The molecule has 3 heterocycles. The lowest BCUT2D eigenvalue weighted by molar-refractivity contribution is -0.130. The lowest BCUT2D eigenvalue weighted by atomic mass is 9.96. The molecule has 2 aliphatic rings. The Morgan fingerprint density at radius 2 is 1.96 bits per heavy atom. The fraction of sp³-hybridized carbons (Fsp3) is 0.265. The van der Waals surface area contributed by atoms with Crippen molar-refractivity contribution < 1.29 is 29.0 Å². The minimum atomic E-state index is -0.974. The number of hydrogen-bond donors (Lipinski definition) is 3. The molecule has 0 spiro atoms. The number of likely N-dealkylation sites (N-methyl/N-ethyl adjacent to an activating group) is 1. The minimum absolute atomic E-state index is 0.0155. The number of likely N-dealkylation sites (tertiary alicyclic amines) is 1. The van der Waals surface area contributed by atoms with E-state index in [0.717, 1.165) is 5.56 Å². The van der Waals surface area contributed by atoms with Gasteiger partial charge in [0.2, 0.25) is 11.8 Å². The van der Waals surface area contributed by atoms with Gasteiger partial charge in [0.1, 0.15) is 5.92 Å². The molecule has 11 heteroatoms. The van der Waals surface area contributed by atoms with Crippen LogP contribution in [0.25, 0.3) is 0 Å². The van der Waals surface area contributed by atoms with Gasteiger partial charge in [0, 0.05) is 55.3 Å². The molecule has 5 rings (SSSR count). The molecule has 3 aromatic rings. The number of β-amino-alcohol motifs (C(OH)–C–C–N with tert-alkyl or cyclic N) is 1. The summed E-state index contributed by atoms with van der Waals surface area (Å²) < 4.78 is 5.24. The number of carbonyl (C=O) groups is 3. The number of amides is 3. The van der Waals surface area contributed by atoms with Crippen LogP contribution in [0.1, 0.15) is 40.1 Å². The number of nitrogens with one attached hydrogen (secondary N) is 1. The lowest BCUT2D eigenvalue weighted by Crippen LogP contribution is -2.35. The molecule has 10 nitrogen and oxygen atoms in total. The summed E-state index contributed by atoms with van der Waals surface area (Å²) in [5.41, 5.74) is 3.49. The molecule has 2 atom stereocenters. The van der Waals surface area contributed by atoms with Crippen LogP contribution in [0, 0.1) is 24.7 Å². The standard InChI is InChI=1S/C34H32N4O6S/c1-21-15-17-44-30(21)33(42)36-24-5-3-4-23(18-24)8-12-27-31(45)28(19-35-32(27)41)34(43)37(2)25-10-6-22(7-11-25)9-13-29(40)38-16-14-26(39)20-38/h3-7,10-11,15,17-19,26-27,39H,9,13-14,16,20H2,1-2H3,(H,35,41)(H,36,42). The smallest absolute Gasteiger partial charge is 0.291 e. The van der Waals surface area contributed by atoms with Crippen LogP contribution < -0.4 is 10.2 Å². The Hall–Kier alpha value is -5.05. The highest BCUT2D eigenvalue weighted by Gasteiger charge is 2.31. The van der Waals surface area contributed by atoms with Crippen LogP contribution in [-0.4, -0.2) is 69.8 Å². The van der Waals surface area contributed by atoms with Gasteiger partial charge in [-0.25, -0.2) is 4.99 Å². The lowest BCUT2D eigenvalue weighted by Gasteiger charge is -2.23. The van der Waals surface area contributed by atoms with E-state index in [2.05, 4.69) is 22.2 Å². The van der Waals surface area contributed by atoms with Crippen LogP contribution in [0.15, 0.2) is 82.0 Å². The Labute approximate surface area is 266 Å². The van der Waals surface area contributed by atoms with Gasteiger partial charge in [-0.3, -0.25) is 14.4 Å². The Bertz CT molecular complexity index is 1760. The number of nitrogens with zero attached hydrogens (tertiary/aromatic N) is 3. The number of benzene rings is 2. The summed E-state index contributed by atoms with van der Waals surface area (Å²) in [5.74, 6) is 4.02. The number of aliphatic hydroxyl groups excluding tert-OH is 2. The predicted octanol–water partition coefficient (Wildman–Crippen LogP) is 4.22. The summed E-state index contributed by atoms with van der Waals surface area (Å²) in [7, 11) is 1.62. The third-order valence-electron chi connectivity index (χ3n) is 7.66. The van der Waals surface area contributed by atoms with Gasteiger partial charge in [-0.15, -0.1) is 0 Å². The first-order chi connectivity index (χ1) is 21.6. The maximum absolute atomic E-state index is 13.4. The molecule has 45 heavy (non-hydrogen) atoms. The molecular weight excluding hydrogens is 592 g/mol. The van der Waals surface area contributed by atoms with Crippen molar-refractivity contribution in [3.63, 3.8) is 0 Å². The Kier molecular flexibility index (Phi) is 9.56. The second-order valence-corrected chi connectivity index (χ2v) is 11.3. The molecule has 0 saturated carbocycles. The molecule has 3 N–H and O–H groups in total. The number of furan rings is 1. The van der Waals surface area contributed by atoms with Gasteiger partial charge in [0.05, 0.1) is 22.8 Å². The fourth-order valence-corrected chi connectivity index (χ4v) is 5.32. The van der Waals surface area contributed by atoms with Gasteiger partial charge in [-0.2, -0.15) is 0 Å². The molecular formula is C34H32N4O6S. The SMILES string of the molecule is Cc1ccoc1C(=O)Nc1cccc(C#CC2C(=S)C(C(=O)N(C)c3ccc(CCC(=O)N4CCC(O)C4)cc3)=CN=C2O)c1. The van der Waals surface area contributed by atoms with E-state index in [0.29, 0.717) is 54.9 Å². The summed E-state index contributed by atoms with van der Waals surface area (Å²) >= 11 is 5.58. The van der Waals surface area contributed by atoms with Crippen molar-refractivity contribution in [1.82, 2.24) is 4.90 Å². The van der Waals surface area contributed by atoms with Crippen LogP contribution in [0.2, 0.25) is 0 Å². The van der Waals surface area contributed by atoms with E-state index < -0.39 is 17.9 Å². The fourth-order valence-electron chi connectivity index (χ4n) is 5.02. The minimum Gasteiger partial charge on any atom is -0.495 e. The van der Waals surface area contributed by atoms with Crippen molar-refractivity contribution in [3.8, 4) is 11.8 Å². The number of anilines is 2. The van der Waals surface area contributed by atoms with Gasteiger partial charge in [0.15, 0.2) is 5.76 Å². The zero-order chi connectivity index (χ0) is 32.1. The van der Waals surface area contributed by atoms with Gasteiger partial charge < -0.3 is 29.7 Å².